The van der Waals surface area contributed by atoms with Gasteiger partial charge >= 0.3 is 12.3 Å². The molecule has 0 saturated carbocycles. The predicted octanol–water partition coefficient (Wildman–Crippen LogP) is 5.79. The lowest BCUT2D eigenvalue weighted by Gasteiger charge is -2.28. The van der Waals surface area contributed by atoms with Crippen LogP contribution in [0.1, 0.15) is 48.4 Å². The summed E-state index contributed by atoms with van der Waals surface area (Å²) in [6.45, 7) is 3.32. The molecule has 0 fully saturated rings. The highest BCUT2D eigenvalue weighted by atomic mass is 19.4. The Labute approximate surface area is 225 Å². The van der Waals surface area contributed by atoms with Crippen LogP contribution in [-0.4, -0.2) is 46.6 Å². The summed E-state index contributed by atoms with van der Waals surface area (Å²) in [4.78, 5) is 22.2. The third-order valence-corrected chi connectivity index (χ3v) is 6.68. The van der Waals surface area contributed by atoms with Gasteiger partial charge in [-0.25, -0.2) is 9.97 Å². The van der Waals surface area contributed by atoms with Crippen molar-refractivity contribution < 1.29 is 32.5 Å². The van der Waals surface area contributed by atoms with Crippen molar-refractivity contribution >= 4 is 11.9 Å². The predicted molar refractivity (Wildman–Crippen MR) is 140 cm³/mol. The van der Waals surface area contributed by atoms with E-state index < -0.39 is 12.3 Å². The molecule has 1 aliphatic rings. The smallest absolute Gasteiger partial charge is 0.490 e. The van der Waals surface area contributed by atoms with E-state index in [0.717, 1.165) is 60.1 Å². The molecular formula is C29H32F3N3O4. The van der Waals surface area contributed by atoms with Crippen molar-refractivity contribution in [2.24, 2.45) is 0 Å². The second-order valence-corrected chi connectivity index (χ2v) is 9.61. The van der Waals surface area contributed by atoms with Crippen LogP contribution in [0.15, 0.2) is 54.9 Å². The van der Waals surface area contributed by atoms with Gasteiger partial charge in [-0.2, -0.15) is 0 Å². The Bertz CT molecular complexity index is 1230. The second kappa shape index (κ2) is 12.8. The number of anilines is 1. The summed E-state index contributed by atoms with van der Waals surface area (Å²) in [5, 5.41) is 9.08. The maximum absolute atomic E-state index is 12.5. The van der Waals surface area contributed by atoms with Crippen molar-refractivity contribution in [1.82, 2.24) is 9.97 Å². The van der Waals surface area contributed by atoms with Crippen LogP contribution in [-0.2, 0) is 30.5 Å². The fourth-order valence-electron chi connectivity index (χ4n) is 4.60. The average molecular weight is 544 g/mol. The van der Waals surface area contributed by atoms with Crippen LogP contribution < -0.4 is 14.4 Å². The molecular weight excluding hydrogens is 511 g/mol. The molecule has 1 aliphatic heterocycles. The highest BCUT2D eigenvalue weighted by Gasteiger charge is 2.31. The molecule has 7 nitrogen and oxygen atoms in total. The molecule has 0 radical (unpaired) electrons. The first kappa shape index (κ1) is 28.2. The van der Waals surface area contributed by atoms with Gasteiger partial charge in [0.2, 0.25) is 5.95 Å². The first-order valence-electron chi connectivity index (χ1n) is 13.1. The minimum atomic E-state index is -4.72. The van der Waals surface area contributed by atoms with Crippen LogP contribution in [0.4, 0.5) is 19.1 Å². The molecule has 1 N–H and O–H groups in total. The SMILES string of the molecule is CCc1cnc(N(CCCC2CCc3ccc(CC(=O)O)cc3O2)CCc2ccc(OC(F)(F)F)cc2)nc1. The first-order valence-corrected chi connectivity index (χ1v) is 13.1. The summed E-state index contributed by atoms with van der Waals surface area (Å²) >= 11 is 0. The molecule has 4 rings (SSSR count). The highest BCUT2D eigenvalue weighted by Crippen LogP contribution is 2.30. The number of aryl methyl sites for hydroxylation is 2. The number of hydrogen-bond acceptors (Lipinski definition) is 6. The van der Waals surface area contributed by atoms with E-state index in [2.05, 4.69) is 19.6 Å². The fourth-order valence-corrected chi connectivity index (χ4v) is 4.60. The summed E-state index contributed by atoms with van der Waals surface area (Å²) in [5.74, 6) is 0.253. The molecule has 0 aliphatic carbocycles. The van der Waals surface area contributed by atoms with Crippen LogP contribution in [0, 0.1) is 0 Å². The van der Waals surface area contributed by atoms with Gasteiger partial charge in [-0.3, -0.25) is 4.79 Å². The van der Waals surface area contributed by atoms with E-state index in [4.69, 9.17) is 9.84 Å². The lowest BCUT2D eigenvalue weighted by molar-refractivity contribution is -0.274. The van der Waals surface area contributed by atoms with Crippen LogP contribution in [0.25, 0.3) is 0 Å². The van der Waals surface area contributed by atoms with Crippen molar-refractivity contribution in [2.75, 3.05) is 18.0 Å². The second-order valence-electron chi connectivity index (χ2n) is 9.61. The zero-order valence-corrected chi connectivity index (χ0v) is 21.8. The van der Waals surface area contributed by atoms with Crippen LogP contribution in [0.3, 0.4) is 0 Å². The molecule has 0 bridgehead atoms. The maximum Gasteiger partial charge on any atom is 0.573 e. The van der Waals surface area contributed by atoms with E-state index in [1.165, 1.54) is 12.1 Å². The Morgan fingerprint density at radius 2 is 1.79 bits per heavy atom. The summed E-state index contributed by atoms with van der Waals surface area (Å²) in [5.41, 5.74) is 3.73. The molecule has 1 unspecified atom stereocenters. The number of carboxylic acid groups (broad SMARTS) is 1. The largest absolute Gasteiger partial charge is 0.573 e. The van der Waals surface area contributed by atoms with E-state index in [9.17, 15) is 18.0 Å². The zero-order valence-electron chi connectivity index (χ0n) is 21.8. The van der Waals surface area contributed by atoms with E-state index in [0.29, 0.717) is 25.5 Å². The number of fused-ring (bicyclic) bond motifs is 1. The third-order valence-electron chi connectivity index (χ3n) is 6.68. The summed E-state index contributed by atoms with van der Waals surface area (Å²) in [7, 11) is 0. The van der Waals surface area contributed by atoms with Crippen molar-refractivity contribution in [3.8, 4) is 11.5 Å². The van der Waals surface area contributed by atoms with Gasteiger partial charge in [0.05, 0.1) is 12.5 Å². The van der Waals surface area contributed by atoms with Gasteiger partial charge in [-0.15, -0.1) is 13.2 Å². The Morgan fingerprint density at radius 1 is 1.08 bits per heavy atom. The summed E-state index contributed by atoms with van der Waals surface area (Å²) < 4.78 is 47.5. The monoisotopic (exact) mass is 543 g/mol. The molecule has 2 aromatic carbocycles. The minimum Gasteiger partial charge on any atom is -0.490 e. The number of ether oxygens (including phenoxy) is 2. The van der Waals surface area contributed by atoms with Gasteiger partial charge in [0.15, 0.2) is 0 Å². The van der Waals surface area contributed by atoms with Crippen LogP contribution >= 0.6 is 0 Å². The standard InChI is InChI=1S/C29H32F3N3O4/c1-2-20-18-33-28(34-19-20)35(15-13-21-6-10-25(11-7-21)39-29(30,31)32)14-3-4-24-12-9-23-8-5-22(17-27(36)37)16-26(23)38-24/h5-8,10-11,16,18-19,24H,2-4,9,12-15,17H2,1H3,(H,36,37). The number of halogens is 3. The Balaban J connectivity index is 1.36. The van der Waals surface area contributed by atoms with Gasteiger partial charge in [0.1, 0.15) is 11.5 Å². The lowest BCUT2D eigenvalue weighted by Crippen LogP contribution is -2.30. The molecule has 208 valence electrons. The average Bonchev–Trinajstić information content (AvgIpc) is 2.90. The van der Waals surface area contributed by atoms with Gasteiger partial charge in [0, 0.05) is 25.5 Å². The number of aliphatic carboxylic acids is 1. The third kappa shape index (κ3) is 8.59. The van der Waals surface area contributed by atoms with Crippen molar-refractivity contribution in [2.45, 2.75) is 64.3 Å². The lowest BCUT2D eigenvalue weighted by atomic mass is 9.97. The Kier molecular flexibility index (Phi) is 9.27. The number of rotatable bonds is 12. The van der Waals surface area contributed by atoms with Crippen LogP contribution in [0.5, 0.6) is 11.5 Å². The summed E-state index contributed by atoms with van der Waals surface area (Å²) in [6.07, 6.45) is 3.75. The van der Waals surface area contributed by atoms with E-state index >= 15 is 0 Å². The maximum atomic E-state index is 12.5. The number of nitrogens with zero attached hydrogens (tertiary/aromatic N) is 3. The molecule has 1 aromatic heterocycles. The summed E-state index contributed by atoms with van der Waals surface area (Å²) in [6, 6.07) is 11.5. The quantitative estimate of drug-likeness (QED) is 0.310. The Hall–Kier alpha value is -3.82. The fraction of sp³-hybridized carbons (Fsp3) is 0.414. The molecule has 0 saturated heterocycles. The van der Waals surface area contributed by atoms with Crippen molar-refractivity contribution in [3.63, 3.8) is 0 Å². The minimum absolute atomic E-state index is 0.0315. The number of alkyl halides is 3. The van der Waals surface area contributed by atoms with E-state index in [1.807, 2.05) is 37.5 Å². The molecule has 10 heteroatoms. The number of benzene rings is 2. The Morgan fingerprint density at radius 3 is 2.46 bits per heavy atom. The van der Waals surface area contributed by atoms with Crippen molar-refractivity contribution in [1.29, 1.82) is 0 Å². The molecule has 0 spiro atoms. The number of carboxylic acids is 1. The number of hydrogen-bond donors (Lipinski definition) is 1. The zero-order chi connectivity index (χ0) is 27.8. The molecule has 3 aromatic rings. The van der Waals surface area contributed by atoms with Crippen LogP contribution in [0.2, 0.25) is 0 Å². The number of carbonyl (C=O) groups is 1. The topological polar surface area (TPSA) is 84.8 Å². The van der Waals surface area contributed by atoms with Gasteiger partial charge < -0.3 is 19.5 Å². The molecule has 0 amide bonds. The van der Waals surface area contributed by atoms with E-state index in [1.54, 1.807) is 12.1 Å². The van der Waals surface area contributed by atoms with Gasteiger partial charge in [-0.05, 0) is 79.0 Å². The molecule has 2 heterocycles. The molecule has 39 heavy (non-hydrogen) atoms. The van der Waals surface area contributed by atoms with E-state index in [-0.39, 0.29) is 18.3 Å². The van der Waals surface area contributed by atoms with Gasteiger partial charge in [-0.1, -0.05) is 31.2 Å². The van der Waals surface area contributed by atoms with Crippen molar-refractivity contribution in [3.05, 3.63) is 77.1 Å². The van der Waals surface area contributed by atoms with Gasteiger partial charge in [0.25, 0.3) is 0 Å². The number of aromatic nitrogens is 2. The molecule has 1 atom stereocenters. The normalized spacial score (nSPS) is 14.8. The highest BCUT2D eigenvalue weighted by molar-refractivity contribution is 5.70. The first-order chi connectivity index (χ1) is 18.7.